The Labute approximate surface area is 130 Å². The zero-order valence-electron chi connectivity index (χ0n) is 8.98. The minimum absolute atomic E-state index is 0.393. The maximum Gasteiger partial charge on any atom is 0.0686 e. The van der Waals surface area contributed by atoms with Gasteiger partial charge in [0.15, 0.2) is 0 Å². The third kappa shape index (κ3) is 2.74. The normalized spacial score (nSPS) is 10.7. The number of hydrogen-bond donors (Lipinski definition) is 0. The van der Waals surface area contributed by atoms with Crippen LogP contribution < -0.4 is 0 Å². The first-order chi connectivity index (χ1) is 8.54. The van der Waals surface area contributed by atoms with Gasteiger partial charge in [0.05, 0.1) is 15.1 Å². The average Bonchev–Trinajstić information content (AvgIpc) is 2.36. The Morgan fingerprint density at radius 2 is 1.44 bits per heavy atom. The predicted molar refractivity (Wildman–Crippen MR) is 81.5 cm³/mol. The van der Waals surface area contributed by atoms with Crippen molar-refractivity contribution in [2.75, 3.05) is 0 Å². The minimum Gasteiger partial charge on any atom is -0.122 e. The fourth-order valence-electron chi connectivity index (χ4n) is 1.62. The van der Waals surface area contributed by atoms with Crippen molar-refractivity contribution in [1.82, 2.24) is 0 Å². The summed E-state index contributed by atoms with van der Waals surface area (Å²) in [5.41, 5.74) is 2.31. The summed E-state index contributed by atoms with van der Waals surface area (Å²) in [6.07, 6.45) is 0. The Morgan fingerprint density at radius 1 is 0.778 bits per heavy atom. The molecule has 0 radical (unpaired) electrons. The van der Waals surface area contributed by atoms with E-state index in [1.807, 2.05) is 12.1 Å². The molecular weight excluding hydrogens is 333 g/mol. The van der Waals surface area contributed by atoms with E-state index in [0.717, 1.165) is 11.1 Å². The van der Waals surface area contributed by atoms with Gasteiger partial charge in [0.1, 0.15) is 0 Å². The third-order valence-corrected chi connectivity index (χ3v) is 4.24. The number of rotatable bonds is 2. The molecule has 0 atom stereocenters. The molecule has 0 saturated carbocycles. The molecule has 2 aromatic carbocycles. The number of halogens is 5. The Morgan fingerprint density at radius 3 is 2.06 bits per heavy atom. The van der Waals surface area contributed by atoms with Gasteiger partial charge in [0, 0.05) is 22.0 Å². The summed E-state index contributed by atoms with van der Waals surface area (Å²) < 4.78 is 0. The summed E-state index contributed by atoms with van der Waals surface area (Å²) in [5, 5.41) is 1.88. The van der Waals surface area contributed by atoms with Crippen LogP contribution in [0.4, 0.5) is 0 Å². The van der Waals surface area contributed by atoms with E-state index in [-0.39, 0.29) is 0 Å². The first kappa shape index (κ1) is 14.3. The Bertz CT molecular complexity index is 592. The van der Waals surface area contributed by atoms with E-state index in [1.165, 1.54) is 0 Å². The molecule has 2 aromatic rings. The highest BCUT2D eigenvalue weighted by Gasteiger charge is 2.14. The molecule has 0 unspecified atom stereocenters. The summed E-state index contributed by atoms with van der Waals surface area (Å²) in [5.74, 6) is 0.400. The molecule has 2 rings (SSSR count). The molecule has 0 aliphatic carbocycles. The molecule has 0 fully saturated rings. The van der Waals surface area contributed by atoms with Gasteiger partial charge in [-0.15, -0.1) is 11.6 Å². The molecule has 0 aliphatic rings. The van der Waals surface area contributed by atoms with Crippen LogP contribution in [0.5, 0.6) is 0 Å². The molecule has 0 amide bonds. The van der Waals surface area contributed by atoms with Gasteiger partial charge in [0.25, 0.3) is 0 Å². The van der Waals surface area contributed by atoms with Crippen LogP contribution in [0.2, 0.25) is 20.1 Å². The third-order valence-electron chi connectivity index (χ3n) is 2.50. The highest BCUT2D eigenvalue weighted by atomic mass is 35.5. The van der Waals surface area contributed by atoms with Crippen LogP contribution in [0.1, 0.15) is 5.56 Å². The van der Waals surface area contributed by atoms with E-state index in [2.05, 4.69) is 0 Å². The Kier molecular flexibility index (Phi) is 4.69. The molecule has 0 aromatic heterocycles. The summed E-state index contributed by atoms with van der Waals surface area (Å²) in [4.78, 5) is 0. The van der Waals surface area contributed by atoms with Crippen molar-refractivity contribution in [3.63, 3.8) is 0 Å². The van der Waals surface area contributed by atoms with Crippen LogP contribution in [-0.4, -0.2) is 0 Å². The first-order valence-electron chi connectivity index (χ1n) is 5.03. The van der Waals surface area contributed by atoms with Crippen molar-refractivity contribution < 1.29 is 0 Å². The minimum atomic E-state index is 0.393. The topological polar surface area (TPSA) is 0 Å². The van der Waals surface area contributed by atoms with Gasteiger partial charge < -0.3 is 0 Å². The molecule has 18 heavy (non-hydrogen) atoms. The van der Waals surface area contributed by atoms with Crippen molar-refractivity contribution >= 4 is 58.0 Å². The molecule has 5 heteroatoms. The van der Waals surface area contributed by atoms with Crippen LogP contribution in [-0.2, 0) is 5.88 Å². The van der Waals surface area contributed by atoms with E-state index in [1.54, 1.807) is 18.2 Å². The van der Waals surface area contributed by atoms with Gasteiger partial charge >= 0.3 is 0 Å². The van der Waals surface area contributed by atoms with E-state index in [9.17, 15) is 0 Å². The van der Waals surface area contributed by atoms with Crippen LogP contribution in [0, 0.1) is 0 Å². The lowest BCUT2D eigenvalue weighted by molar-refractivity contribution is 1.40. The van der Waals surface area contributed by atoms with E-state index >= 15 is 0 Å². The number of alkyl halides is 1. The molecule has 0 spiro atoms. The molecule has 0 N–H and O–H groups in total. The maximum absolute atomic E-state index is 6.22. The summed E-state index contributed by atoms with van der Waals surface area (Å²) in [6.45, 7) is 0. The smallest absolute Gasteiger partial charge is 0.0686 e. The summed E-state index contributed by atoms with van der Waals surface area (Å²) in [6, 6.07) is 8.84. The van der Waals surface area contributed by atoms with E-state index < -0.39 is 0 Å². The lowest BCUT2D eigenvalue weighted by atomic mass is 10.0. The van der Waals surface area contributed by atoms with Gasteiger partial charge in [0.2, 0.25) is 0 Å². The SMILES string of the molecule is ClCc1ccc(-c2c(Cl)ccc(Cl)c2Cl)c(Cl)c1. The maximum atomic E-state index is 6.22. The van der Waals surface area contributed by atoms with Crippen LogP contribution in [0.25, 0.3) is 11.1 Å². The van der Waals surface area contributed by atoms with Gasteiger partial charge in [-0.3, -0.25) is 0 Å². The summed E-state index contributed by atoms with van der Waals surface area (Å²) >= 11 is 30.3. The second-order valence-electron chi connectivity index (χ2n) is 3.67. The van der Waals surface area contributed by atoms with E-state index in [4.69, 9.17) is 58.0 Å². The molecule has 0 bridgehead atoms. The molecule has 0 heterocycles. The van der Waals surface area contributed by atoms with Crippen LogP contribution in [0.3, 0.4) is 0 Å². The standard InChI is InChI=1S/C13H7Cl5/c14-6-7-1-2-8(11(17)5-7)12-9(15)3-4-10(16)13(12)18/h1-5H,6H2. The first-order valence-corrected chi connectivity index (χ1v) is 7.07. The van der Waals surface area contributed by atoms with Crippen LogP contribution >= 0.6 is 58.0 Å². The quantitative estimate of drug-likeness (QED) is 0.421. The predicted octanol–water partition coefficient (Wildman–Crippen LogP) is 6.71. The largest absolute Gasteiger partial charge is 0.122 e. The van der Waals surface area contributed by atoms with Crippen molar-refractivity contribution in [2.45, 2.75) is 5.88 Å². The zero-order valence-corrected chi connectivity index (χ0v) is 12.8. The van der Waals surface area contributed by atoms with Crippen molar-refractivity contribution in [3.8, 4) is 11.1 Å². The molecule has 0 aliphatic heterocycles. The van der Waals surface area contributed by atoms with Gasteiger partial charge in [-0.2, -0.15) is 0 Å². The number of benzene rings is 2. The fourth-order valence-corrected chi connectivity index (χ4v) is 2.81. The average molecular weight is 340 g/mol. The van der Waals surface area contributed by atoms with Crippen molar-refractivity contribution in [2.24, 2.45) is 0 Å². The molecule has 0 saturated heterocycles. The zero-order chi connectivity index (χ0) is 13.3. The lowest BCUT2D eigenvalue weighted by Gasteiger charge is -2.11. The molecule has 0 nitrogen and oxygen atoms in total. The van der Waals surface area contributed by atoms with Gasteiger partial charge in [-0.05, 0) is 23.8 Å². The second kappa shape index (κ2) is 5.90. The van der Waals surface area contributed by atoms with Crippen molar-refractivity contribution in [3.05, 3.63) is 56.0 Å². The van der Waals surface area contributed by atoms with Gasteiger partial charge in [-0.25, -0.2) is 0 Å². The highest BCUT2D eigenvalue weighted by molar-refractivity contribution is 6.46. The monoisotopic (exact) mass is 338 g/mol. The summed E-state index contributed by atoms with van der Waals surface area (Å²) in [7, 11) is 0. The second-order valence-corrected chi connectivity index (χ2v) is 5.53. The lowest BCUT2D eigenvalue weighted by Crippen LogP contribution is -1.86. The van der Waals surface area contributed by atoms with Gasteiger partial charge in [-0.1, -0.05) is 58.5 Å². The van der Waals surface area contributed by atoms with Crippen LogP contribution in [0.15, 0.2) is 30.3 Å². The number of hydrogen-bond acceptors (Lipinski definition) is 0. The van der Waals surface area contributed by atoms with E-state index in [0.29, 0.717) is 31.5 Å². The Balaban J connectivity index is 2.66. The Hall–Kier alpha value is -0.110. The molecule has 94 valence electrons. The fraction of sp³-hybridized carbons (Fsp3) is 0.0769. The van der Waals surface area contributed by atoms with Crippen molar-refractivity contribution in [1.29, 1.82) is 0 Å². The highest BCUT2D eigenvalue weighted by Crippen LogP contribution is 2.42. The molecular formula is C13H7Cl5.